The van der Waals surface area contributed by atoms with E-state index in [9.17, 15) is 4.79 Å². The summed E-state index contributed by atoms with van der Waals surface area (Å²) < 4.78 is 11.7. The number of para-hydroxylation sites is 3. The Morgan fingerprint density at radius 2 is 1.63 bits per heavy atom. The number of nitrogens with zero attached hydrogens (tertiary/aromatic N) is 1. The molecule has 0 spiro atoms. The molecule has 5 nitrogen and oxygen atoms in total. The second-order valence-electron chi connectivity index (χ2n) is 6.33. The Labute approximate surface area is 167 Å². The normalized spacial score (nSPS) is 14.4. The summed E-state index contributed by atoms with van der Waals surface area (Å²) in [6.45, 7) is 4.01. The molecule has 1 aliphatic heterocycles. The van der Waals surface area contributed by atoms with Gasteiger partial charge in [-0.1, -0.05) is 24.3 Å². The van der Waals surface area contributed by atoms with E-state index < -0.39 is 0 Å². The third kappa shape index (κ3) is 5.15. The van der Waals surface area contributed by atoms with Gasteiger partial charge in [-0.15, -0.1) is 12.4 Å². The molecule has 0 saturated carbocycles. The molecule has 1 N–H and O–H groups in total. The maximum Gasteiger partial charge on any atom is 0.257 e. The predicted molar refractivity (Wildman–Crippen MR) is 109 cm³/mol. The first-order valence-corrected chi connectivity index (χ1v) is 9.18. The molecule has 0 bridgehead atoms. The number of likely N-dealkylation sites (tertiary alicyclic amines) is 1. The Morgan fingerprint density at radius 1 is 1.04 bits per heavy atom. The van der Waals surface area contributed by atoms with Crippen LogP contribution in [0.25, 0.3) is 0 Å². The lowest BCUT2D eigenvalue weighted by atomic mass is 10.0. The first-order chi connectivity index (χ1) is 12.7. The molecule has 1 heterocycles. The van der Waals surface area contributed by atoms with E-state index >= 15 is 0 Å². The standard InChI is InChI=1S/C21H26N2O3.ClH/c1-3-25-19-10-6-7-11-20(19)26-18-9-5-4-8-17(18)21(24)23-14-12-16(22-2)13-15-23;/h4-11,16,22H,3,12-15H2,1-2H3;1H. The fourth-order valence-electron chi connectivity index (χ4n) is 3.20. The van der Waals surface area contributed by atoms with Crippen molar-refractivity contribution in [1.29, 1.82) is 0 Å². The highest BCUT2D eigenvalue weighted by molar-refractivity contribution is 5.97. The highest BCUT2D eigenvalue weighted by atomic mass is 35.5. The smallest absolute Gasteiger partial charge is 0.257 e. The fourth-order valence-corrected chi connectivity index (χ4v) is 3.20. The molecular weight excluding hydrogens is 364 g/mol. The van der Waals surface area contributed by atoms with Gasteiger partial charge in [-0.25, -0.2) is 0 Å². The summed E-state index contributed by atoms with van der Waals surface area (Å²) in [4.78, 5) is 14.9. The van der Waals surface area contributed by atoms with Gasteiger partial charge in [0.1, 0.15) is 5.75 Å². The predicted octanol–water partition coefficient (Wildman–Crippen LogP) is 4.12. The first-order valence-electron chi connectivity index (χ1n) is 9.18. The lowest BCUT2D eigenvalue weighted by molar-refractivity contribution is 0.0704. The van der Waals surface area contributed by atoms with Crippen molar-refractivity contribution < 1.29 is 14.3 Å². The third-order valence-electron chi connectivity index (χ3n) is 4.68. The molecule has 0 unspecified atom stereocenters. The molecular formula is C21H27ClN2O3. The molecule has 1 fully saturated rings. The van der Waals surface area contributed by atoms with Gasteiger partial charge < -0.3 is 19.7 Å². The minimum Gasteiger partial charge on any atom is -0.490 e. The van der Waals surface area contributed by atoms with Gasteiger partial charge in [0.15, 0.2) is 11.5 Å². The van der Waals surface area contributed by atoms with Crippen LogP contribution in [0.4, 0.5) is 0 Å². The second-order valence-corrected chi connectivity index (χ2v) is 6.33. The zero-order chi connectivity index (χ0) is 18.4. The molecule has 3 rings (SSSR count). The van der Waals surface area contributed by atoms with Crippen molar-refractivity contribution in [1.82, 2.24) is 10.2 Å². The van der Waals surface area contributed by atoms with Crippen LogP contribution in [0.5, 0.6) is 17.2 Å². The number of hydrogen-bond donors (Lipinski definition) is 1. The second kappa shape index (κ2) is 10.2. The van der Waals surface area contributed by atoms with Gasteiger partial charge in [0.05, 0.1) is 12.2 Å². The fraction of sp³-hybridized carbons (Fsp3) is 0.381. The zero-order valence-corrected chi connectivity index (χ0v) is 16.6. The van der Waals surface area contributed by atoms with Crippen molar-refractivity contribution in [3.63, 3.8) is 0 Å². The van der Waals surface area contributed by atoms with Crippen molar-refractivity contribution in [3.05, 3.63) is 54.1 Å². The molecule has 1 amide bonds. The maximum absolute atomic E-state index is 13.0. The van der Waals surface area contributed by atoms with Crippen molar-refractivity contribution in [2.75, 3.05) is 26.7 Å². The number of amides is 1. The van der Waals surface area contributed by atoms with Gasteiger partial charge in [0.2, 0.25) is 0 Å². The molecule has 27 heavy (non-hydrogen) atoms. The van der Waals surface area contributed by atoms with Crippen LogP contribution in [0.3, 0.4) is 0 Å². The zero-order valence-electron chi connectivity index (χ0n) is 15.8. The van der Waals surface area contributed by atoms with Gasteiger partial charge in [0.25, 0.3) is 5.91 Å². The summed E-state index contributed by atoms with van der Waals surface area (Å²) in [5.74, 6) is 1.86. The van der Waals surface area contributed by atoms with Gasteiger partial charge in [-0.05, 0) is 51.1 Å². The number of ether oxygens (including phenoxy) is 2. The number of carbonyl (C=O) groups is 1. The number of rotatable bonds is 6. The summed E-state index contributed by atoms with van der Waals surface area (Å²) in [5.41, 5.74) is 0.585. The molecule has 0 aromatic heterocycles. The lowest BCUT2D eigenvalue weighted by Crippen LogP contribution is -2.44. The quantitative estimate of drug-likeness (QED) is 0.805. The number of benzene rings is 2. The largest absolute Gasteiger partial charge is 0.490 e. The molecule has 6 heteroatoms. The summed E-state index contributed by atoms with van der Waals surface area (Å²) >= 11 is 0. The first kappa shape index (κ1) is 21.1. The summed E-state index contributed by atoms with van der Waals surface area (Å²) in [6.07, 6.45) is 1.94. The van der Waals surface area contributed by atoms with Crippen LogP contribution in [-0.2, 0) is 0 Å². The van der Waals surface area contributed by atoms with Gasteiger partial charge in [0, 0.05) is 19.1 Å². The van der Waals surface area contributed by atoms with Crippen LogP contribution >= 0.6 is 12.4 Å². The van der Waals surface area contributed by atoms with E-state index in [4.69, 9.17) is 9.47 Å². The molecule has 2 aromatic carbocycles. The Morgan fingerprint density at radius 3 is 2.26 bits per heavy atom. The maximum atomic E-state index is 13.0. The minimum atomic E-state index is 0. The highest BCUT2D eigenvalue weighted by Gasteiger charge is 2.25. The van der Waals surface area contributed by atoms with E-state index in [1.807, 2.05) is 67.4 Å². The van der Waals surface area contributed by atoms with Crippen molar-refractivity contribution in [2.45, 2.75) is 25.8 Å². The van der Waals surface area contributed by atoms with E-state index in [2.05, 4.69) is 5.32 Å². The third-order valence-corrected chi connectivity index (χ3v) is 4.68. The van der Waals surface area contributed by atoms with Crippen LogP contribution in [0.15, 0.2) is 48.5 Å². The molecule has 0 aliphatic carbocycles. The summed E-state index contributed by atoms with van der Waals surface area (Å²) in [7, 11) is 1.97. The van der Waals surface area contributed by atoms with Gasteiger partial charge in [-0.3, -0.25) is 4.79 Å². The number of nitrogens with one attached hydrogen (secondary N) is 1. The monoisotopic (exact) mass is 390 g/mol. The van der Waals surface area contributed by atoms with E-state index in [0.717, 1.165) is 25.9 Å². The Hall–Kier alpha value is -2.24. The summed E-state index contributed by atoms with van der Waals surface area (Å²) in [5, 5.41) is 3.29. The minimum absolute atomic E-state index is 0. The number of hydrogen-bond acceptors (Lipinski definition) is 4. The van der Waals surface area contributed by atoms with Crippen molar-refractivity contribution in [2.24, 2.45) is 0 Å². The Bertz CT molecular complexity index is 746. The average Bonchev–Trinajstić information content (AvgIpc) is 2.70. The number of carbonyl (C=O) groups excluding carboxylic acids is 1. The molecule has 2 aromatic rings. The van der Waals surface area contributed by atoms with Crippen LogP contribution in [0, 0.1) is 0 Å². The lowest BCUT2D eigenvalue weighted by Gasteiger charge is -2.32. The average molecular weight is 391 g/mol. The van der Waals surface area contributed by atoms with Crippen molar-refractivity contribution in [3.8, 4) is 17.2 Å². The van der Waals surface area contributed by atoms with E-state index in [1.165, 1.54) is 0 Å². The van der Waals surface area contributed by atoms with E-state index in [0.29, 0.717) is 35.5 Å². The highest BCUT2D eigenvalue weighted by Crippen LogP contribution is 2.33. The molecule has 0 atom stereocenters. The molecule has 1 saturated heterocycles. The molecule has 146 valence electrons. The van der Waals surface area contributed by atoms with Crippen LogP contribution < -0.4 is 14.8 Å². The van der Waals surface area contributed by atoms with E-state index in [1.54, 1.807) is 0 Å². The topological polar surface area (TPSA) is 50.8 Å². The molecule has 1 aliphatic rings. The molecule has 0 radical (unpaired) electrons. The van der Waals surface area contributed by atoms with Crippen molar-refractivity contribution >= 4 is 18.3 Å². The SMILES string of the molecule is CCOc1ccccc1Oc1ccccc1C(=O)N1CCC(NC)CC1.Cl. The van der Waals surface area contributed by atoms with E-state index in [-0.39, 0.29) is 18.3 Å². The van der Waals surface area contributed by atoms with Gasteiger partial charge in [-0.2, -0.15) is 0 Å². The Kier molecular flexibility index (Phi) is 7.95. The Balaban J connectivity index is 0.00000261. The van der Waals surface area contributed by atoms with Crippen LogP contribution in [-0.4, -0.2) is 43.6 Å². The number of piperidine rings is 1. The number of halogens is 1. The van der Waals surface area contributed by atoms with Crippen LogP contribution in [0.2, 0.25) is 0 Å². The van der Waals surface area contributed by atoms with Gasteiger partial charge >= 0.3 is 0 Å². The summed E-state index contributed by atoms with van der Waals surface area (Å²) in [6, 6.07) is 15.4. The van der Waals surface area contributed by atoms with Crippen LogP contribution in [0.1, 0.15) is 30.1 Å².